The van der Waals surface area contributed by atoms with Crippen molar-refractivity contribution in [2.45, 2.75) is 30.6 Å². The molecular weight excluding hydrogens is 291 g/mol. The number of benzene rings is 1. The van der Waals surface area contributed by atoms with Crippen LogP contribution < -0.4 is 0 Å². The highest BCUT2D eigenvalue weighted by Crippen LogP contribution is 2.36. The number of aliphatic hydroxyl groups is 3. The Morgan fingerprint density at radius 2 is 1.86 bits per heavy atom. The SMILES string of the molecule is C[C@@](N=[N+]=[N-])(c1ccccc1F)[C@@H](O)[C@H](O)C(F)(F)CO. The normalized spacial score (nSPS) is 17.5. The van der Waals surface area contributed by atoms with Crippen molar-refractivity contribution in [3.8, 4) is 0 Å². The quantitative estimate of drug-likeness (QED) is 0.422. The molecule has 0 radical (unpaired) electrons. The Bertz CT molecular complexity index is 552. The molecule has 0 aromatic heterocycles. The molecule has 0 heterocycles. The van der Waals surface area contributed by atoms with E-state index >= 15 is 0 Å². The molecule has 1 rings (SSSR count). The van der Waals surface area contributed by atoms with E-state index in [1.54, 1.807) is 0 Å². The van der Waals surface area contributed by atoms with Crippen molar-refractivity contribution < 1.29 is 28.5 Å². The zero-order chi connectivity index (χ0) is 16.3. The van der Waals surface area contributed by atoms with E-state index in [1.807, 2.05) is 0 Å². The summed E-state index contributed by atoms with van der Waals surface area (Å²) in [4.78, 5) is 2.42. The van der Waals surface area contributed by atoms with Gasteiger partial charge in [0.25, 0.3) is 5.92 Å². The van der Waals surface area contributed by atoms with Crippen molar-refractivity contribution >= 4 is 0 Å². The van der Waals surface area contributed by atoms with E-state index in [9.17, 15) is 23.4 Å². The van der Waals surface area contributed by atoms with E-state index in [0.717, 1.165) is 19.1 Å². The molecule has 0 aliphatic rings. The van der Waals surface area contributed by atoms with E-state index < -0.39 is 36.1 Å². The summed E-state index contributed by atoms with van der Waals surface area (Å²) in [6.07, 6.45) is -5.09. The predicted octanol–water partition coefficient (Wildman–Crippen LogP) is 1.70. The van der Waals surface area contributed by atoms with Crippen LogP contribution in [0.2, 0.25) is 0 Å². The van der Waals surface area contributed by atoms with Gasteiger partial charge in [0.05, 0.1) is 0 Å². The van der Waals surface area contributed by atoms with Crippen molar-refractivity contribution in [1.29, 1.82) is 0 Å². The molecule has 116 valence electrons. The fraction of sp³-hybridized carbons (Fsp3) is 0.500. The van der Waals surface area contributed by atoms with E-state index in [4.69, 9.17) is 10.6 Å². The highest BCUT2D eigenvalue weighted by molar-refractivity contribution is 5.28. The van der Waals surface area contributed by atoms with Gasteiger partial charge < -0.3 is 15.3 Å². The minimum absolute atomic E-state index is 0.358. The van der Waals surface area contributed by atoms with Crippen LogP contribution in [-0.4, -0.2) is 40.1 Å². The van der Waals surface area contributed by atoms with E-state index in [-0.39, 0.29) is 5.56 Å². The number of azide groups is 1. The van der Waals surface area contributed by atoms with Gasteiger partial charge in [-0.15, -0.1) is 0 Å². The van der Waals surface area contributed by atoms with Gasteiger partial charge >= 0.3 is 0 Å². The number of alkyl halides is 2. The second-order valence-electron chi connectivity index (χ2n) is 4.63. The molecule has 6 nitrogen and oxygen atoms in total. The summed E-state index contributed by atoms with van der Waals surface area (Å²) < 4.78 is 40.4. The molecule has 3 N–H and O–H groups in total. The average Bonchev–Trinajstić information content (AvgIpc) is 2.46. The number of rotatable bonds is 6. The lowest BCUT2D eigenvalue weighted by atomic mass is 9.82. The molecule has 3 atom stereocenters. The summed E-state index contributed by atoms with van der Waals surface area (Å²) >= 11 is 0. The second-order valence-corrected chi connectivity index (χ2v) is 4.63. The van der Waals surface area contributed by atoms with Crippen molar-refractivity contribution in [3.05, 3.63) is 46.1 Å². The van der Waals surface area contributed by atoms with Crippen molar-refractivity contribution in [2.75, 3.05) is 6.61 Å². The van der Waals surface area contributed by atoms with Crippen LogP contribution in [0.1, 0.15) is 12.5 Å². The molecule has 9 heteroatoms. The van der Waals surface area contributed by atoms with Crippen LogP contribution in [0.25, 0.3) is 10.4 Å². The highest BCUT2D eigenvalue weighted by Gasteiger charge is 2.50. The maximum atomic E-state index is 13.8. The lowest BCUT2D eigenvalue weighted by molar-refractivity contribution is -0.184. The van der Waals surface area contributed by atoms with Gasteiger partial charge in [-0.3, -0.25) is 0 Å². The smallest absolute Gasteiger partial charge is 0.298 e. The fourth-order valence-electron chi connectivity index (χ4n) is 1.87. The van der Waals surface area contributed by atoms with Crippen LogP contribution in [0.5, 0.6) is 0 Å². The van der Waals surface area contributed by atoms with Crippen LogP contribution in [0, 0.1) is 5.82 Å². The van der Waals surface area contributed by atoms with Crippen LogP contribution in [0.3, 0.4) is 0 Å². The van der Waals surface area contributed by atoms with E-state index in [1.165, 1.54) is 12.1 Å². The average molecular weight is 305 g/mol. The molecule has 0 spiro atoms. The lowest BCUT2D eigenvalue weighted by Gasteiger charge is -2.35. The maximum Gasteiger partial charge on any atom is 0.298 e. The Labute approximate surface area is 118 Å². The van der Waals surface area contributed by atoms with Gasteiger partial charge in [0.2, 0.25) is 0 Å². The topological polar surface area (TPSA) is 109 Å². The molecule has 0 saturated carbocycles. The molecule has 0 saturated heterocycles. The summed E-state index contributed by atoms with van der Waals surface area (Å²) in [7, 11) is 0. The van der Waals surface area contributed by atoms with Crippen LogP contribution >= 0.6 is 0 Å². The molecular formula is C12H14F3N3O3. The first-order valence-corrected chi connectivity index (χ1v) is 5.86. The Hall–Kier alpha value is -1.80. The van der Waals surface area contributed by atoms with E-state index in [0.29, 0.717) is 0 Å². The third kappa shape index (κ3) is 3.27. The number of hydrogen-bond acceptors (Lipinski definition) is 4. The molecule has 1 aromatic rings. The first-order chi connectivity index (χ1) is 9.70. The standard InChI is InChI=1S/C12H14F3N3O3/c1-11(17-18-16,7-4-2-3-5-8(7)13)9(20)10(21)12(14,15)6-19/h2-5,9-10,19-21H,6H2,1H3/t9-,10-,11+/m0/s1. The number of hydrogen-bond donors (Lipinski definition) is 3. The third-order valence-electron chi connectivity index (χ3n) is 3.19. The summed E-state index contributed by atoms with van der Waals surface area (Å²) in [6.45, 7) is -0.721. The fourth-order valence-corrected chi connectivity index (χ4v) is 1.87. The number of aliphatic hydroxyl groups excluding tert-OH is 3. The minimum atomic E-state index is -4.04. The van der Waals surface area contributed by atoms with Crippen molar-refractivity contribution in [2.24, 2.45) is 5.11 Å². The minimum Gasteiger partial charge on any atom is -0.390 e. The third-order valence-corrected chi connectivity index (χ3v) is 3.19. The molecule has 0 fully saturated rings. The van der Waals surface area contributed by atoms with Gasteiger partial charge in [0.1, 0.15) is 30.2 Å². The van der Waals surface area contributed by atoms with Crippen molar-refractivity contribution in [1.82, 2.24) is 0 Å². The molecule has 0 aliphatic carbocycles. The van der Waals surface area contributed by atoms with Crippen LogP contribution in [0.15, 0.2) is 29.4 Å². The van der Waals surface area contributed by atoms with Gasteiger partial charge in [0.15, 0.2) is 0 Å². The summed E-state index contributed by atoms with van der Waals surface area (Å²) in [6, 6.07) is 4.80. The van der Waals surface area contributed by atoms with Crippen LogP contribution in [-0.2, 0) is 5.54 Å². The number of halogens is 3. The molecule has 0 aliphatic heterocycles. The van der Waals surface area contributed by atoms with Gasteiger partial charge in [0, 0.05) is 10.5 Å². The zero-order valence-corrected chi connectivity index (χ0v) is 11.0. The Balaban J connectivity index is 3.35. The highest BCUT2D eigenvalue weighted by atomic mass is 19.3. The molecule has 1 aromatic carbocycles. The van der Waals surface area contributed by atoms with Crippen LogP contribution in [0.4, 0.5) is 13.2 Å². The predicted molar refractivity (Wildman–Crippen MR) is 66.9 cm³/mol. The van der Waals surface area contributed by atoms with E-state index in [2.05, 4.69) is 10.0 Å². The molecule has 0 unspecified atom stereocenters. The Morgan fingerprint density at radius 1 is 1.29 bits per heavy atom. The first kappa shape index (κ1) is 17.3. The zero-order valence-electron chi connectivity index (χ0n) is 11.0. The van der Waals surface area contributed by atoms with Gasteiger partial charge in [-0.1, -0.05) is 23.3 Å². The monoisotopic (exact) mass is 305 g/mol. The Morgan fingerprint density at radius 3 is 2.33 bits per heavy atom. The van der Waals surface area contributed by atoms with Crippen molar-refractivity contribution in [3.63, 3.8) is 0 Å². The molecule has 0 amide bonds. The lowest BCUT2D eigenvalue weighted by Crippen LogP contribution is -2.53. The maximum absolute atomic E-state index is 13.8. The van der Waals surface area contributed by atoms with Gasteiger partial charge in [-0.25, -0.2) is 13.2 Å². The summed E-state index contributed by atoms with van der Waals surface area (Å²) in [5.74, 6) is -4.94. The van der Waals surface area contributed by atoms with Gasteiger partial charge in [-0.05, 0) is 18.5 Å². The Kier molecular flexibility index (Phi) is 5.19. The molecule has 0 bridgehead atoms. The first-order valence-electron chi connectivity index (χ1n) is 5.86. The van der Waals surface area contributed by atoms with Gasteiger partial charge in [-0.2, -0.15) is 0 Å². The summed E-state index contributed by atoms with van der Waals surface area (Å²) in [5, 5.41) is 31.1. The second kappa shape index (κ2) is 6.31. The summed E-state index contributed by atoms with van der Waals surface area (Å²) in [5.41, 5.74) is 6.01. The number of nitrogens with zero attached hydrogens (tertiary/aromatic N) is 3. The molecule has 21 heavy (non-hydrogen) atoms. The largest absolute Gasteiger partial charge is 0.390 e.